The maximum absolute atomic E-state index is 12.6. The van der Waals surface area contributed by atoms with E-state index in [4.69, 9.17) is 0 Å². The summed E-state index contributed by atoms with van der Waals surface area (Å²) in [5.74, 6) is -1.42. The Kier molecular flexibility index (Phi) is 4.16. The highest BCUT2D eigenvalue weighted by Crippen LogP contribution is 2.24. The molecule has 0 saturated carbocycles. The Morgan fingerprint density at radius 2 is 1.90 bits per heavy atom. The molecule has 1 fully saturated rings. The van der Waals surface area contributed by atoms with Gasteiger partial charge in [-0.3, -0.25) is 9.59 Å². The summed E-state index contributed by atoms with van der Waals surface area (Å²) >= 11 is 0. The molecule has 1 aliphatic heterocycles. The number of carboxylic acids is 1. The van der Waals surface area contributed by atoms with Crippen LogP contribution < -0.4 is 0 Å². The molecule has 6 nitrogen and oxygen atoms in total. The average molecular weight is 292 g/mol. The number of aliphatic carboxylic acids is 1. The molecule has 0 bridgehead atoms. The van der Waals surface area contributed by atoms with Crippen molar-refractivity contribution in [2.24, 2.45) is 0 Å². The van der Waals surface area contributed by atoms with Crippen molar-refractivity contribution in [3.8, 4) is 0 Å². The number of carbonyl (C=O) groups is 3. The van der Waals surface area contributed by atoms with E-state index in [-0.39, 0.29) is 11.7 Å². The summed E-state index contributed by atoms with van der Waals surface area (Å²) in [4.78, 5) is 39.9. The van der Waals surface area contributed by atoms with Gasteiger partial charge in [0.1, 0.15) is 11.7 Å². The van der Waals surface area contributed by atoms with Gasteiger partial charge in [-0.1, -0.05) is 0 Å². The van der Waals surface area contributed by atoms with Crippen molar-refractivity contribution < 1.29 is 19.5 Å². The van der Waals surface area contributed by atoms with Gasteiger partial charge in [-0.05, 0) is 45.6 Å². The number of hydrogen-bond donors (Lipinski definition) is 2. The summed E-state index contributed by atoms with van der Waals surface area (Å²) in [6.07, 6.45) is 2.08. The first kappa shape index (κ1) is 15.3. The van der Waals surface area contributed by atoms with Crippen LogP contribution in [-0.4, -0.2) is 45.2 Å². The second-order valence-electron chi connectivity index (χ2n) is 5.53. The summed E-state index contributed by atoms with van der Waals surface area (Å²) < 4.78 is 0. The van der Waals surface area contributed by atoms with Gasteiger partial charge >= 0.3 is 5.97 Å². The maximum Gasteiger partial charge on any atom is 0.326 e. The Labute approximate surface area is 123 Å². The van der Waals surface area contributed by atoms with E-state index in [0.29, 0.717) is 35.5 Å². The Morgan fingerprint density at radius 3 is 2.43 bits per heavy atom. The standard InChI is InChI=1S/C15H20N2O4/c1-8-12(10(3)18)9(2)16-13(8)14(19)17-7-5-4-6-11(17)15(20)21/h11,16H,4-7H2,1-3H3,(H,20,21)/t11-/m1/s1. The van der Waals surface area contributed by atoms with Crippen LogP contribution in [0.5, 0.6) is 0 Å². The van der Waals surface area contributed by atoms with Gasteiger partial charge in [0.15, 0.2) is 5.78 Å². The number of nitrogens with one attached hydrogen (secondary N) is 1. The molecule has 2 heterocycles. The fraction of sp³-hybridized carbons (Fsp3) is 0.533. The normalized spacial score (nSPS) is 18.6. The van der Waals surface area contributed by atoms with E-state index in [2.05, 4.69) is 4.98 Å². The second kappa shape index (κ2) is 5.71. The zero-order valence-electron chi connectivity index (χ0n) is 12.5. The highest BCUT2D eigenvalue weighted by molar-refractivity contribution is 6.03. The molecule has 0 aliphatic carbocycles. The topological polar surface area (TPSA) is 90.5 Å². The van der Waals surface area contributed by atoms with E-state index in [1.165, 1.54) is 11.8 Å². The van der Waals surface area contributed by atoms with Gasteiger partial charge in [-0.2, -0.15) is 0 Å². The van der Waals surface area contributed by atoms with Crippen LogP contribution in [0.15, 0.2) is 0 Å². The van der Waals surface area contributed by atoms with Gasteiger partial charge in [0.25, 0.3) is 5.91 Å². The third-order valence-corrected chi connectivity index (χ3v) is 4.05. The van der Waals surface area contributed by atoms with Gasteiger partial charge in [-0.25, -0.2) is 4.79 Å². The van der Waals surface area contributed by atoms with Crippen LogP contribution in [0.3, 0.4) is 0 Å². The SMILES string of the molecule is CC(=O)c1c(C)[nH]c(C(=O)N2CCCC[C@@H]2C(=O)O)c1C. The van der Waals surface area contributed by atoms with Crippen molar-refractivity contribution in [3.05, 3.63) is 22.5 Å². The monoisotopic (exact) mass is 292 g/mol. The van der Waals surface area contributed by atoms with Gasteiger partial charge < -0.3 is 15.0 Å². The zero-order chi connectivity index (χ0) is 15.7. The molecule has 6 heteroatoms. The maximum atomic E-state index is 12.6. The molecule has 2 N–H and O–H groups in total. The molecule has 1 aliphatic rings. The zero-order valence-corrected chi connectivity index (χ0v) is 12.5. The van der Waals surface area contributed by atoms with Crippen LogP contribution >= 0.6 is 0 Å². The van der Waals surface area contributed by atoms with Gasteiger partial charge in [-0.15, -0.1) is 0 Å². The Morgan fingerprint density at radius 1 is 1.24 bits per heavy atom. The van der Waals surface area contributed by atoms with Gasteiger partial charge in [0.2, 0.25) is 0 Å². The minimum Gasteiger partial charge on any atom is -0.480 e. The number of hydrogen-bond acceptors (Lipinski definition) is 3. The van der Waals surface area contributed by atoms with Crippen molar-refractivity contribution in [3.63, 3.8) is 0 Å². The molecule has 0 unspecified atom stereocenters. The first-order chi connectivity index (χ1) is 9.84. The molecule has 1 saturated heterocycles. The van der Waals surface area contributed by atoms with Crippen molar-refractivity contribution in [2.75, 3.05) is 6.54 Å². The molecule has 114 valence electrons. The number of piperidine rings is 1. The van der Waals surface area contributed by atoms with Crippen LogP contribution in [0.1, 0.15) is 58.3 Å². The molecule has 1 amide bonds. The first-order valence-corrected chi connectivity index (χ1v) is 7.08. The highest BCUT2D eigenvalue weighted by Gasteiger charge is 2.34. The molecule has 1 aromatic heterocycles. The number of nitrogens with zero attached hydrogens (tertiary/aromatic N) is 1. The number of amides is 1. The van der Waals surface area contributed by atoms with E-state index in [0.717, 1.165) is 12.8 Å². The second-order valence-corrected chi connectivity index (χ2v) is 5.53. The number of rotatable bonds is 3. The molecular weight excluding hydrogens is 272 g/mol. The number of aromatic nitrogens is 1. The lowest BCUT2D eigenvalue weighted by molar-refractivity contribution is -0.143. The van der Waals surface area contributed by atoms with E-state index >= 15 is 0 Å². The van der Waals surface area contributed by atoms with Crippen LogP contribution in [-0.2, 0) is 4.79 Å². The Bertz CT molecular complexity index is 603. The fourth-order valence-electron chi connectivity index (χ4n) is 3.07. The van der Waals surface area contributed by atoms with E-state index in [9.17, 15) is 19.5 Å². The Hall–Kier alpha value is -2.11. The third-order valence-electron chi connectivity index (χ3n) is 4.05. The number of aryl methyl sites for hydroxylation is 1. The number of Topliss-reactive ketones (excluding diaryl/α,β-unsaturated/α-hetero) is 1. The molecule has 1 atom stereocenters. The lowest BCUT2D eigenvalue weighted by Crippen LogP contribution is -2.48. The van der Waals surface area contributed by atoms with Crippen LogP contribution in [0.25, 0.3) is 0 Å². The molecule has 0 radical (unpaired) electrons. The third kappa shape index (κ3) is 2.70. The Balaban J connectivity index is 2.37. The predicted octanol–water partition coefficient (Wildman–Crippen LogP) is 1.91. The summed E-state index contributed by atoms with van der Waals surface area (Å²) in [6, 6.07) is -0.782. The van der Waals surface area contributed by atoms with Crippen molar-refractivity contribution >= 4 is 17.7 Å². The minimum absolute atomic E-state index is 0.103. The number of likely N-dealkylation sites (tertiary alicyclic amines) is 1. The number of ketones is 1. The molecule has 21 heavy (non-hydrogen) atoms. The average Bonchev–Trinajstić information content (AvgIpc) is 2.73. The summed E-state index contributed by atoms with van der Waals surface area (Å²) in [6.45, 7) is 5.35. The van der Waals surface area contributed by atoms with Gasteiger partial charge in [0, 0.05) is 17.8 Å². The van der Waals surface area contributed by atoms with Crippen molar-refractivity contribution in [1.29, 1.82) is 0 Å². The van der Waals surface area contributed by atoms with Gasteiger partial charge in [0.05, 0.1) is 0 Å². The molecular formula is C15H20N2O4. The van der Waals surface area contributed by atoms with Crippen LogP contribution in [0.4, 0.5) is 0 Å². The van der Waals surface area contributed by atoms with E-state index in [1.807, 2.05) is 0 Å². The summed E-state index contributed by atoms with van der Waals surface area (Å²) in [5.41, 5.74) is 2.08. The number of aromatic amines is 1. The first-order valence-electron chi connectivity index (χ1n) is 7.08. The molecule has 0 spiro atoms. The minimum atomic E-state index is -0.976. The fourth-order valence-corrected chi connectivity index (χ4v) is 3.07. The lowest BCUT2D eigenvalue weighted by Gasteiger charge is -2.32. The summed E-state index contributed by atoms with van der Waals surface area (Å²) in [7, 11) is 0. The summed E-state index contributed by atoms with van der Waals surface area (Å²) in [5, 5.41) is 9.26. The predicted molar refractivity (Wildman–Crippen MR) is 76.6 cm³/mol. The van der Waals surface area contributed by atoms with Crippen LogP contribution in [0, 0.1) is 13.8 Å². The van der Waals surface area contributed by atoms with E-state index in [1.54, 1.807) is 13.8 Å². The molecule has 1 aromatic rings. The number of carboxylic acid groups (broad SMARTS) is 1. The van der Waals surface area contributed by atoms with Crippen LogP contribution in [0.2, 0.25) is 0 Å². The number of carbonyl (C=O) groups excluding carboxylic acids is 2. The highest BCUT2D eigenvalue weighted by atomic mass is 16.4. The smallest absolute Gasteiger partial charge is 0.326 e. The van der Waals surface area contributed by atoms with E-state index < -0.39 is 12.0 Å². The number of H-pyrrole nitrogens is 1. The molecule has 2 rings (SSSR count). The molecule has 0 aromatic carbocycles. The lowest BCUT2D eigenvalue weighted by atomic mass is 10.0. The largest absolute Gasteiger partial charge is 0.480 e. The quantitative estimate of drug-likeness (QED) is 0.833. The van der Waals surface area contributed by atoms with Crippen molar-refractivity contribution in [1.82, 2.24) is 9.88 Å². The van der Waals surface area contributed by atoms with Crippen molar-refractivity contribution in [2.45, 2.75) is 46.1 Å².